The van der Waals surface area contributed by atoms with E-state index < -0.39 is 15.6 Å². The van der Waals surface area contributed by atoms with Crippen LogP contribution in [0, 0.1) is 0 Å². The van der Waals surface area contributed by atoms with E-state index in [1.54, 1.807) is 20.8 Å². The summed E-state index contributed by atoms with van der Waals surface area (Å²) in [6, 6.07) is 12.0. The van der Waals surface area contributed by atoms with Crippen molar-refractivity contribution in [1.29, 1.82) is 0 Å². The molecule has 0 fully saturated rings. The topological polar surface area (TPSA) is 113 Å². The maximum atomic E-state index is 12.8. The largest absolute Gasteiger partial charge is 0.495 e. The lowest BCUT2D eigenvalue weighted by atomic mass is 10.1. The van der Waals surface area contributed by atoms with E-state index in [9.17, 15) is 13.2 Å². The van der Waals surface area contributed by atoms with Gasteiger partial charge in [-0.05, 0) is 51.1 Å². The molecule has 0 spiro atoms. The van der Waals surface area contributed by atoms with Crippen molar-refractivity contribution in [2.75, 3.05) is 13.7 Å². The van der Waals surface area contributed by atoms with Gasteiger partial charge >= 0.3 is 0 Å². The second-order valence-electron chi connectivity index (χ2n) is 7.93. The number of H-pyrrole nitrogens is 1. The maximum absolute atomic E-state index is 12.8. The monoisotopic (exact) mass is 430 g/mol. The molecule has 3 aromatic rings. The van der Waals surface area contributed by atoms with Gasteiger partial charge in [-0.1, -0.05) is 12.1 Å². The summed E-state index contributed by atoms with van der Waals surface area (Å²) in [4.78, 5) is 20.2. The molecule has 0 aliphatic rings. The van der Waals surface area contributed by atoms with Gasteiger partial charge in [-0.25, -0.2) is 18.1 Å². The second-order valence-corrected chi connectivity index (χ2v) is 9.58. The molecule has 1 amide bonds. The van der Waals surface area contributed by atoms with E-state index in [1.165, 1.54) is 25.3 Å². The SMILES string of the molecule is COc1ccc(C(=O)NCCc2nc3ccccc3[nH]2)cc1S(=O)(=O)NC(C)(C)C. The van der Waals surface area contributed by atoms with Crippen LogP contribution in [-0.4, -0.2) is 43.5 Å². The number of nitrogens with zero attached hydrogens (tertiary/aromatic N) is 1. The van der Waals surface area contributed by atoms with Crippen molar-refractivity contribution in [3.8, 4) is 5.75 Å². The summed E-state index contributed by atoms with van der Waals surface area (Å²) in [7, 11) is -2.48. The Kier molecular flexibility index (Phi) is 6.14. The van der Waals surface area contributed by atoms with Crippen LogP contribution in [0.2, 0.25) is 0 Å². The van der Waals surface area contributed by atoms with Crippen LogP contribution in [0.1, 0.15) is 37.0 Å². The van der Waals surface area contributed by atoms with Crippen LogP contribution in [0.5, 0.6) is 5.75 Å². The van der Waals surface area contributed by atoms with Crippen molar-refractivity contribution in [1.82, 2.24) is 20.0 Å². The molecule has 160 valence electrons. The second kappa shape index (κ2) is 8.45. The first-order valence-corrected chi connectivity index (χ1v) is 11.0. The highest BCUT2D eigenvalue weighted by molar-refractivity contribution is 7.89. The molecule has 0 unspecified atom stereocenters. The number of ether oxygens (including phenoxy) is 1. The Labute approximate surface area is 176 Å². The number of fused-ring (bicyclic) bond motifs is 1. The van der Waals surface area contributed by atoms with Crippen molar-refractivity contribution < 1.29 is 17.9 Å². The summed E-state index contributed by atoms with van der Waals surface area (Å²) in [5, 5.41) is 2.80. The van der Waals surface area contributed by atoms with Gasteiger partial charge in [0.1, 0.15) is 16.5 Å². The van der Waals surface area contributed by atoms with E-state index in [0.717, 1.165) is 16.9 Å². The number of sulfonamides is 1. The predicted octanol–water partition coefficient (Wildman–Crippen LogP) is 2.62. The summed E-state index contributed by atoms with van der Waals surface area (Å²) >= 11 is 0. The lowest BCUT2D eigenvalue weighted by Crippen LogP contribution is -2.40. The number of imidazole rings is 1. The van der Waals surface area contributed by atoms with Crippen LogP contribution >= 0.6 is 0 Å². The quantitative estimate of drug-likeness (QED) is 0.533. The number of aromatic amines is 1. The number of carbonyl (C=O) groups excluding carboxylic acids is 1. The van der Waals surface area contributed by atoms with E-state index in [4.69, 9.17) is 4.74 Å². The minimum atomic E-state index is -3.87. The molecule has 9 heteroatoms. The summed E-state index contributed by atoms with van der Waals surface area (Å²) in [5.74, 6) is 0.565. The number of carbonyl (C=O) groups is 1. The average Bonchev–Trinajstić information content (AvgIpc) is 3.08. The standard InChI is InChI=1S/C21H26N4O4S/c1-21(2,3)25-30(27,28)18-13-14(9-10-17(18)29-4)20(26)22-12-11-19-23-15-7-5-6-8-16(15)24-19/h5-10,13,25H,11-12H2,1-4H3,(H,22,26)(H,23,24). The zero-order valence-corrected chi connectivity index (χ0v) is 18.3. The third-order valence-electron chi connectivity index (χ3n) is 4.24. The van der Waals surface area contributed by atoms with Gasteiger partial charge in [-0.2, -0.15) is 0 Å². The minimum Gasteiger partial charge on any atom is -0.495 e. The molecule has 0 saturated carbocycles. The van der Waals surface area contributed by atoms with Gasteiger partial charge in [0, 0.05) is 24.1 Å². The van der Waals surface area contributed by atoms with Crippen LogP contribution in [0.25, 0.3) is 11.0 Å². The highest BCUT2D eigenvalue weighted by Crippen LogP contribution is 2.26. The Bertz CT molecular complexity index is 1130. The van der Waals surface area contributed by atoms with Gasteiger partial charge < -0.3 is 15.0 Å². The van der Waals surface area contributed by atoms with Gasteiger partial charge in [0.15, 0.2) is 0 Å². The average molecular weight is 431 g/mol. The Hall–Kier alpha value is -2.91. The zero-order chi connectivity index (χ0) is 21.9. The molecule has 1 aromatic heterocycles. The third kappa shape index (κ3) is 5.17. The fraction of sp³-hybridized carbons (Fsp3) is 0.333. The lowest BCUT2D eigenvalue weighted by Gasteiger charge is -2.21. The Balaban J connectivity index is 1.72. The Morgan fingerprint density at radius 2 is 1.90 bits per heavy atom. The van der Waals surface area contributed by atoms with Gasteiger partial charge in [0.2, 0.25) is 10.0 Å². The molecule has 0 bridgehead atoms. The maximum Gasteiger partial charge on any atom is 0.251 e. The van der Waals surface area contributed by atoms with Crippen molar-refractivity contribution in [3.05, 3.63) is 53.9 Å². The summed E-state index contributed by atoms with van der Waals surface area (Å²) < 4.78 is 33.3. The molecule has 8 nitrogen and oxygen atoms in total. The van der Waals surface area contributed by atoms with E-state index in [2.05, 4.69) is 20.0 Å². The van der Waals surface area contributed by atoms with E-state index in [1.807, 2.05) is 24.3 Å². The first-order chi connectivity index (χ1) is 14.1. The van der Waals surface area contributed by atoms with Gasteiger partial charge in [-0.3, -0.25) is 4.79 Å². The smallest absolute Gasteiger partial charge is 0.251 e. The molecule has 3 rings (SSSR count). The van der Waals surface area contributed by atoms with E-state index in [0.29, 0.717) is 13.0 Å². The molecule has 0 radical (unpaired) electrons. The highest BCUT2D eigenvalue weighted by Gasteiger charge is 2.26. The third-order valence-corrected chi connectivity index (χ3v) is 6.02. The molecule has 3 N–H and O–H groups in total. The first kappa shape index (κ1) is 21.8. The number of hydrogen-bond acceptors (Lipinski definition) is 5. The number of para-hydroxylation sites is 2. The molecular weight excluding hydrogens is 404 g/mol. The zero-order valence-electron chi connectivity index (χ0n) is 17.4. The number of amides is 1. The van der Waals surface area contributed by atoms with Crippen molar-refractivity contribution in [2.24, 2.45) is 0 Å². The number of benzene rings is 2. The molecule has 1 heterocycles. The molecular formula is C21H26N4O4S. The molecule has 0 aliphatic heterocycles. The van der Waals surface area contributed by atoms with E-state index >= 15 is 0 Å². The number of rotatable bonds is 7. The summed E-state index contributed by atoms with van der Waals surface area (Å²) in [6.07, 6.45) is 0.521. The number of aromatic nitrogens is 2. The predicted molar refractivity (Wildman–Crippen MR) is 115 cm³/mol. The summed E-state index contributed by atoms with van der Waals surface area (Å²) in [5.41, 5.74) is 1.37. The summed E-state index contributed by atoms with van der Waals surface area (Å²) in [6.45, 7) is 5.58. The molecule has 2 aromatic carbocycles. The van der Waals surface area contributed by atoms with Crippen LogP contribution in [0.3, 0.4) is 0 Å². The Morgan fingerprint density at radius 3 is 2.57 bits per heavy atom. The van der Waals surface area contributed by atoms with Crippen molar-refractivity contribution >= 4 is 27.0 Å². The van der Waals surface area contributed by atoms with Crippen LogP contribution < -0.4 is 14.8 Å². The van der Waals surface area contributed by atoms with Gasteiger partial charge in [0.05, 0.1) is 18.1 Å². The van der Waals surface area contributed by atoms with E-state index in [-0.39, 0.29) is 22.1 Å². The van der Waals surface area contributed by atoms with Gasteiger partial charge in [-0.15, -0.1) is 0 Å². The van der Waals surface area contributed by atoms with Crippen molar-refractivity contribution in [3.63, 3.8) is 0 Å². The fourth-order valence-corrected chi connectivity index (χ4v) is 4.62. The molecule has 0 saturated heterocycles. The first-order valence-electron chi connectivity index (χ1n) is 9.53. The molecule has 30 heavy (non-hydrogen) atoms. The number of nitrogens with one attached hydrogen (secondary N) is 3. The van der Waals surface area contributed by atoms with Crippen LogP contribution in [0.4, 0.5) is 0 Å². The number of hydrogen-bond donors (Lipinski definition) is 3. The number of methoxy groups -OCH3 is 1. The lowest BCUT2D eigenvalue weighted by molar-refractivity contribution is 0.0953. The normalized spacial score (nSPS) is 12.1. The minimum absolute atomic E-state index is 0.0788. The van der Waals surface area contributed by atoms with Gasteiger partial charge in [0.25, 0.3) is 5.91 Å². The molecule has 0 atom stereocenters. The highest BCUT2D eigenvalue weighted by atomic mass is 32.2. The van der Waals surface area contributed by atoms with Crippen molar-refractivity contribution in [2.45, 2.75) is 37.6 Å². The van der Waals surface area contributed by atoms with Crippen LogP contribution in [-0.2, 0) is 16.4 Å². The molecule has 0 aliphatic carbocycles. The Morgan fingerprint density at radius 1 is 1.17 bits per heavy atom. The van der Waals surface area contributed by atoms with Crippen LogP contribution in [0.15, 0.2) is 47.4 Å². The fourth-order valence-electron chi connectivity index (χ4n) is 3.01.